The lowest BCUT2D eigenvalue weighted by atomic mass is 10.2. The van der Waals surface area contributed by atoms with Crippen LogP contribution in [0.5, 0.6) is 0 Å². The second-order valence-electron chi connectivity index (χ2n) is 5.28. The molecule has 6 heteroatoms. The number of nitrogens with zero attached hydrogens (tertiary/aromatic N) is 2. The molecule has 1 amide bonds. The van der Waals surface area contributed by atoms with Crippen molar-refractivity contribution in [1.82, 2.24) is 4.31 Å². The molecule has 0 saturated carbocycles. The summed E-state index contributed by atoms with van der Waals surface area (Å²) in [5.74, 6) is 0.0390. The standard InChI is InChI=1S/C14H18N2O3S/c17-14(11-15-8-3-4-10-20(15,18)19)16-9-7-12-5-1-2-6-13(12)16/h1-2,5-6H,3-4,7-11H2. The summed E-state index contributed by atoms with van der Waals surface area (Å²) < 4.78 is 25.2. The molecular weight excluding hydrogens is 276 g/mol. The van der Waals surface area contributed by atoms with Gasteiger partial charge in [-0.25, -0.2) is 8.42 Å². The summed E-state index contributed by atoms with van der Waals surface area (Å²) in [5.41, 5.74) is 2.08. The summed E-state index contributed by atoms with van der Waals surface area (Å²) in [6.45, 7) is 1.08. The minimum Gasteiger partial charge on any atom is -0.311 e. The Labute approximate surface area is 119 Å². The topological polar surface area (TPSA) is 57.7 Å². The number of carbonyl (C=O) groups excluding carboxylic acids is 1. The number of para-hydroxylation sites is 1. The van der Waals surface area contributed by atoms with E-state index in [-0.39, 0.29) is 18.2 Å². The number of amides is 1. The van der Waals surface area contributed by atoms with Crippen LogP contribution in [0.2, 0.25) is 0 Å². The summed E-state index contributed by atoms with van der Waals surface area (Å²) in [6, 6.07) is 7.80. The third-order valence-electron chi connectivity index (χ3n) is 3.95. The van der Waals surface area contributed by atoms with Crippen LogP contribution in [-0.4, -0.2) is 44.0 Å². The Balaban J connectivity index is 1.75. The lowest BCUT2D eigenvalue weighted by Crippen LogP contribution is -2.45. The van der Waals surface area contributed by atoms with Crippen LogP contribution in [0.25, 0.3) is 0 Å². The molecule has 1 aromatic carbocycles. The van der Waals surface area contributed by atoms with E-state index in [1.165, 1.54) is 4.31 Å². The highest BCUT2D eigenvalue weighted by molar-refractivity contribution is 7.89. The summed E-state index contributed by atoms with van der Waals surface area (Å²) in [6.07, 6.45) is 2.37. The molecule has 0 atom stereocenters. The molecule has 2 aliphatic heterocycles. The van der Waals surface area contributed by atoms with Crippen molar-refractivity contribution in [2.75, 3.05) is 30.3 Å². The second kappa shape index (κ2) is 5.18. The van der Waals surface area contributed by atoms with Crippen LogP contribution in [0.15, 0.2) is 24.3 Å². The maximum absolute atomic E-state index is 12.4. The van der Waals surface area contributed by atoms with Crippen molar-refractivity contribution in [1.29, 1.82) is 0 Å². The monoisotopic (exact) mass is 294 g/mol. The zero-order valence-corrected chi connectivity index (χ0v) is 12.1. The smallest absolute Gasteiger partial charge is 0.242 e. The predicted octanol–water partition coefficient (Wildman–Crippen LogP) is 1.00. The van der Waals surface area contributed by atoms with Crippen molar-refractivity contribution < 1.29 is 13.2 Å². The third-order valence-corrected chi connectivity index (χ3v) is 5.86. The molecule has 0 radical (unpaired) electrons. The van der Waals surface area contributed by atoms with Crippen LogP contribution in [0, 0.1) is 0 Å². The Morgan fingerprint density at radius 3 is 2.75 bits per heavy atom. The van der Waals surface area contributed by atoms with Gasteiger partial charge in [0.05, 0.1) is 12.3 Å². The van der Waals surface area contributed by atoms with E-state index in [0.717, 1.165) is 24.1 Å². The first-order valence-electron chi connectivity index (χ1n) is 6.94. The molecule has 2 heterocycles. The molecule has 108 valence electrons. The van der Waals surface area contributed by atoms with Gasteiger partial charge in [-0.15, -0.1) is 0 Å². The van der Waals surface area contributed by atoms with E-state index in [2.05, 4.69) is 0 Å². The van der Waals surface area contributed by atoms with Crippen LogP contribution < -0.4 is 4.90 Å². The van der Waals surface area contributed by atoms with E-state index in [1.807, 2.05) is 24.3 Å². The Morgan fingerprint density at radius 1 is 1.15 bits per heavy atom. The second-order valence-corrected chi connectivity index (χ2v) is 7.37. The highest BCUT2D eigenvalue weighted by Gasteiger charge is 2.31. The number of hydrogen-bond acceptors (Lipinski definition) is 3. The molecule has 20 heavy (non-hydrogen) atoms. The van der Waals surface area contributed by atoms with Crippen LogP contribution >= 0.6 is 0 Å². The first-order valence-corrected chi connectivity index (χ1v) is 8.55. The minimum atomic E-state index is -3.24. The zero-order chi connectivity index (χ0) is 14.2. The Kier molecular flexibility index (Phi) is 3.52. The van der Waals surface area contributed by atoms with Gasteiger partial charge in [0.2, 0.25) is 15.9 Å². The van der Waals surface area contributed by atoms with Crippen molar-refractivity contribution in [2.24, 2.45) is 0 Å². The summed E-state index contributed by atoms with van der Waals surface area (Å²) >= 11 is 0. The predicted molar refractivity (Wildman–Crippen MR) is 77.1 cm³/mol. The Bertz CT molecular complexity index is 627. The van der Waals surface area contributed by atoms with Gasteiger partial charge in [-0.1, -0.05) is 18.2 Å². The van der Waals surface area contributed by atoms with Crippen LogP contribution in [0.3, 0.4) is 0 Å². The SMILES string of the molecule is O=C(CN1CCCCS1(=O)=O)N1CCc2ccccc21. The number of hydrogen-bond donors (Lipinski definition) is 0. The van der Waals surface area contributed by atoms with E-state index >= 15 is 0 Å². The molecule has 0 spiro atoms. The van der Waals surface area contributed by atoms with Gasteiger partial charge in [-0.05, 0) is 30.9 Å². The van der Waals surface area contributed by atoms with Crippen molar-refractivity contribution in [2.45, 2.75) is 19.3 Å². The van der Waals surface area contributed by atoms with Gasteiger partial charge in [-0.3, -0.25) is 4.79 Å². The molecule has 0 aromatic heterocycles. The van der Waals surface area contributed by atoms with Gasteiger partial charge < -0.3 is 4.90 Å². The van der Waals surface area contributed by atoms with E-state index in [0.29, 0.717) is 19.5 Å². The molecule has 0 unspecified atom stereocenters. The molecule has 1 saturated heterocycles. The lowest BCUT2D eigenvalue weighted by Gasteiger charge is -2.27. The number of anilines is 1. The molecule has 1 aromatic rings. The van der Waals surface area contributed by atoms with Gasteiger partial charge in [-0.2, -0.15) is 4.31 Å². The fraction of sp³-hybridized carbons (Fsp3) is 0.500. The number of benzene rings is 1. The Morgan fingerprint density at radius 2 is 1.95 bits per heavy atom. The fourth-order valence-electron chi connectivity index (χ4n) is 2.85. The van der Waals surface area contributed by atoms with Gasteiger partial charge >= 0.3 is 0 Å². The maximum Gasteiger partial charge on any atom is 0.242 e. The molecule has 1 fully saturated rings. The summed E-state index contributed by atoms with van der Waals surface area (Å²) in [7, 11) is -3.24. The largest absolute Gasteiger partial charge is 0.311 e. The van der Waals surface area contributed by atoms with E-state index in [1.54, 1.807) is 4.90 Å². The van der Waals surface area contributed by atoms with Crippen molar-refractivity contribution in [3.63, 3.8) is 0 Å². The normalized spacial score (nSPS) is 21.7. The quantitative estimate of drug-likeness (QED) is 0.817. The van der Waals surface area contributed by atoms with Crippen LogP contribution in [0.1, 0.15) is 18.4 Å². The highest BCUT2D eigenvalue weighted by atomic mass is 32.2. The van der Waals surface area contributed by atoms with Crippen molar-refractivity contribution >= 4 is 21.6 Å². The van der Waals surface area contributed by atoms with Crippen molar-refractivity contribution in [3.8, 4) is 0 Å². The summed E-state index contributed by atoms with van der Waals surface area (Å²) in [4.78, 5) is 14.1. The van der Waals surface area contributed by atoms with Gasteiger partial charge in [0.15, 0.2) is 0 Å². The molecule has 2 aliphatic rings. The molecule has 0 aliphatic carbocycles. The number of rotatable bonds is 2. The highest BCUT2D eigenvalue weighted by Crippen LogP contribution is 2.27. The van der Waals surface area contributed by atoms with Gasteiger partial charge in [0.25, 0.3) is 0 Å². The Hall–Kier alpha value is -1.40. The van der Waals surface area contributed by atoms with Gasteiger partial charge in [0, 0.05) is 18.8 Å². The van der Waals surface area contributed by atoms with Crippen LogP contribution in [-0.2, 0) is 21.2 Å². The molecular formula is C14H18N2O3S. The minimum absolute atomic E-state index is 0.0311. The first-order chi connectivity index (χ1) is 9.58. The van der Waals surface area contributed by atoms with Crippen LogP contribution in [0.4, 0.5) is 5.69 Å². The number of fused-ring (bicyclic) bond motifs is 1. The average Bonchev–Trinajstić information content (AvgIpc) is 2.85. The molecule has 0 N–H and O–H groups in total. The maximum atomic E-state index is 12.4. The molecule has 3 rings (SSSR count). The van der Waals surface area contributed by atoms with Gasteiger partial charge in [0.1, 0.15) is 0 Å². The third kappa shape index (κ3) is 2.45. The summed E-state index contributed by atoms with van der Waals surface area (Å²) in [5, 5.41) is 0. The molecule has 0 bridgehead atoms. The van der Waals surface area contributed by atoms with E-state index in [4.69, 9.17) is 0 Å². The first kappa shape index (κ1) is 13.6. The number of sulfonamides is 1. The van der Waals surface area contributed by atoms with Crippen molar-refractivity contribution in [3.05, 3.63) is 29.8 Å². The average molecular weight is 294 g/mol. The zero-order valence-electron chi connectivity index (χ0n) is 11.3. The number of carbonyl (C=O) groups is 1. The van der Waals surface area contributed by atoms with E-state index in [9.17, 15) is 13.2 Å². The fourth-order valence-corrected chi connectivity index (χ4v) is 4.39. The molecule has 5 nitrogen and oxygen atoms in total. The lowest BCUT2D eigenvalue weighted by molar-refractivity contribution is -0.118. The van der Waals surface area contributed by atoms with E-state index < -0.39 is 10.0 Å².